The molecule has 0 spiro atoms. The Kier molecular flexibility index (Phi) is 1.81. The number of carbonyl (C=O) groups excluding carboxylic acids is 1. The maximum absolute atomic E-state index is 10.7. The summed E-state index contributed by atoms with van der Waals surface area (Å²) in [4.78, 5) is 14.6. The number of nitrogens with zero attached hydrogens (tertiary/aromatic N) is 1. The molecule has 4 heteroatoms. The van der Waals surface area contributed by atoms with Crippen molar-refractivity contribution in [2.75, 3.05) is 5.73 Å². The molecule has 0 bridgehead atoms. The third-order valence-electron chi connectivity index (χ3n) is 2.11. The SMILES string of the molecule is Nc1nccc2c(C=O)c(O)ccc12. The Morgan fingerprint density at radius 3 is 2.79 bits per heavy atom. The van der Waals surface area contributed by atoms with Crippen LogP contribution in [0, 0.1) is 0 Å². The van der Waals surface area contributed by atoms with Crippen LogP contribution in [0.5, 0.6) is 5.75 Å². The molecule has 0 amide bonds. The normalized spacial score (nSPS) is 10.3. The van der Waals surface area contributed by atoms with Gasteiger partial charge >= 0.3 is 0 Å². The van der Waals surface area contributed by atoms with E-state index in [9.17, 15) is 9.90 Å². The number of nitrogen functional groups attached to an aromatic ring is 1. The summed E-state index contributed by atoms with van der Waals surface area (Å²) in [6.45, 7) is 0. The van der Waals surface area contributed by atoms with Crippen LogP contribution in [-0.2, 0) is 0 Å². The fourth-order valence-electron chi connectivity index (χ4n) is 1.41. The van der Waals surface area contributed by atoms with Gasteiger partial charge in [0.2, 0.25) is 0 Å². The highest BCUT2D eigenvalue weighted by molar-refractivity contribution is 6.03. The van der Waals surface area contributed by atoms with Gasteiger partial charge in [0.1, 0.15) is 11.6 Å². The van der Waals surface area contributed by atoms with E-state index in [1.165, 1.54) is 12.3 Å². The lowest BCUT2D eigenvalue weighted by Gasteiger charge is -2.04. The number of aromatic hydroxyl groups is 1. The monoisotopic (exact) mass is 188 g/mol. The van der Waals surface area contributed by atoms with Crippen LogP contribution < -0.4 is 5.73 Å². The molecule has 0 atom stereocenters. The molecule has 1 aromatic heterocycles. The molecule has 0 radical (unpaired) electrons. The van der Waals surface area contributed by atoms with Crippen LogP contribution in [0.25, 0.3) is 10.8 Å². The number of hydrogen-bond acceptors (Lipinski definition) is 4. The van der Waals surface area contributed by atoms with E-state index < -0.39 is 0 Å². The number of benzene rings is 1. The molecule has 0 saturated heterocycles. The summed E-state index contributed by atoms with van der Waals surface area (Å²) in [5.74, 6) is 0.309. The van der Waals surface area contributed by atoms with E-state index in [1.807, 2.05) is 0 Å². The van der Waals surface area contributed by atoms with E-state index in [0.717, 1.165) is 0 Å². The topological polar surface area (TPSA) is 76.2 Å². The molecule has 0 unspecified atom stereocenters. The lowest BCUT2D eigenvalue weighted by Crippen LogP contribution is -1.93. The predicted octanol–water partition coefficient (Wildman–Crippen LogP) is 1.34. The third kappa shape index (κ3) is 1.08. The van der Waals surface area contributed by atoms with Crippen LogP contribution in [0.3, 0.4) is 0 Å². The van der Waals surface area contributed by atoms with E-state index in [2.05, 4.69) is 4.98 Å². The number of phenolic OH excluding ortho intramolecular Hbond substituents is 1. The Morgan fingerprint density at radius 2 is 2.07 bits per heavy atom. The zero-order valence-corrected chi connectivity index (χ0v) is 7.27. The largest absolute Gasteiger partial charge is 0.507 e. The zero-order valence-electron chi connectivity index (χ0n) is 7.27. The van der Waals surface area contributed by atoms with Crippen LogP contribution in [0.4, 0.5) is 5.82 Å². The van der Waals surface area contributed by atoms with Crippen molar-refractivity contribution in [3.05, 3.63) is 30.0 Å². The standard InChI is InChI=1S/C10H8N2O2/c11-10-7-1-2-9(14)8(5-13)6(7)3-4-12-10/h1-5,14H,(H2,11,12). The Bertz CT molecular complexity index is 509. The van der Waals surface area contributed by atoms with Gasteiger partial charge in [-0.1, -0.05) is 0 Å². The lowest BCUT2D eigenvalue weighted by atomic mass is 10.1. The number of fused-ring (bicyclic) bond motifs is 1. The molecule has 2 rings (SSSR count). The molecular weight excluding hydrogens is 180 g/mol. The van der Waals surface area contributed by atoms with Gasteiger partial charge in [-0.05, 0) is 18.2 Å². The fourth-order valence-corrected chi connectivity index (χ4v) is 1.41. The smallest absolute Gasteiger partial charge is 0.154 e. The molecule has 3 N–H and O–H groups in total. The highest BCUT2D eigenvalue weighted by Gasteiger charge is 2.07. The Balaban J connectivity index is 2.95. The van der Waals surface area contributed by atoms with E-state index >= 15 is 0 Å². The molecule has 70 valence electrons. The van der Waals surface area contributed by atoms with Gasteiger partial charge in [0.15, 0.2) is 6.29 Å². The highest BCUT2D eigenvalue weighted by atomic mass is 16.3. The van der Waals surface area contributed by atoms with Crippen LogP contribution in [0.1, 0.15) is 10.4 Å². The second-order valence-corrected chi connectivity index (χ2v) is 2.91. The summed E-state index contributed by atoms with van der Waals surface area (Å²) in [7, 11) is 0. The number of hydrogen-bond donors (Lipinski definition) is 2. The van der Waals surface area contributed by atoms with Gasteiger partial charge < -0.3 is 10.8 Å². The van der Waals surface area contributed by atoms with Crippen molar-refractivity contribution in [2.45, 2.75) is 0 Å². The van der Waals surface area contributed by atoms with E-state index in [0.29, 0.717) is 22.9 Å². The fraction of sp³-hybridized carbons (Fsp3) is 0. The summed E-state index contributed by atoms with van der Waals surface area (Å²) in [6, 6.07) is 4.72. The number of pyridine rings is 1. The molecule has 0 aliphatic rings. The molecule has 1 heterocycles. The molecule has 2 aromatic rings. The molecule has 4 nitrogen and oxygen atoms in total. The Labute approximate surface area is 80.0 Å². The van der Waals surface area contributed by atoms with Crippen LogP contribution in [0.2, 0.25) is 0 Å². The van der Waals surface area contributed by atoms with Gasteiger partial charge in [-0.2, -0.15) is 0 Å². The van der Waals surface area contributed by atoms with E-state index in [1.54, 1.807) is 12.1 Å². The van der Waals surface area contributed by atoms with Crippen molar-refractivity contribution in [3.63, 3.8) is 0 Å². The molecule has 0 aliphatic heterocycles. The first-order chi connectivity index (χ1) is 6.74. The van der Waals surface area contributed by atoms with Gasteiger partial charge in [-0.15, -0.1) is 0 Å². The average molecular weight is 188 g/mol. The molecule has 14 heavy (non-hydrogen) atoms. The quantitative estimate of drug-likeness (QED) is 0.662. The Morgan fingerprint density at radius 1 is 1.29 bits per heavy atom. The summed E-state index contributed by atoms with van der Waals surface area (Å²) in [5.41, 5.74) is 5.87. The minimum atomic E-state index is -0.0434. The number of carbonyl (C=O) groups is 1. The first-order valence-electron chi connectivity index (χ1n) is 4.05. The van der Waals surface area contributed by atoms with Gasteiger partial charge in [0, 0.05) is 17.0 Å². The van der Waals surface area contributed by atoms with Gasteiger partial charge in [0.25, 0.3) is 0 Å². The summed E-state index contributed by atoms with van der Waals surface area (Å²) in [5, 5.41) is 10.7. The van der Waals surface area contributed by atoms with E-state index in [4.69, 9.17) is 5.73 Å². The average Bonchev–Trinajstić information content (AvgIpc) is 2.18. The van der Waals surface area contributed by atoms with Gasteiger partial charge in [-0.25, -0.2) is 4.98 Å². The minimum absolute atomic E-state index is 0.0434. The highest BCUT2D eigenvalue weighted by Crippen LogP contribution is 2.27. The number of phenols is 1. The second-order valence-electron chi connectivity index (χ2n) is 2.91. The first kappa shape index (κ1) is 8.50. The first-order valence-corrected chi connectivity index (χ1v) is 4.05. The van der Waals surface area contributed by atoms with Crippen molar-refractivity contribution >= 4 is 22.9 Å². The van der Waals surface area contributed by atoms with Crippen LogP contribution >= 0.6 is 0 Å². The second kappa shape index (κ2) is 2.99. The van der Waals surface area contributed by atoms with Crippen molar-refractivity contribution in [1.82, 2.24) is 4.98 Å². The maximum Gasteiger partial charge on any atom is 0.154 e. The lowest BCUT2D eigenvalue weighted by molar-refractivity contribution is 0.112. The number of anilines is 1. The van der Waals surface area contributed by atoms with Gasteiger partial charge in [0.05, 0.1) is 5.56 Å². The zero-order chi connectivity index (χ0) is 10.1. The molecule has 1 aromatic carbocycles. The Hall–Kier alpha value is -2.10. The van der Waals surface area contributed by atoms with Crippen molar-refractivity contribution < 1.29 is 9.90 Å². The number of rotatable bonds is 1. The minimum Gasteiger partial charge on any atom is -0.507 e. The summed E-state index contributed by atoms with van der Waals surface area (Å²) in [6.07, 6.45) is 2.11. The van der Waals surface area contributed by atoms with Crippen molar-refractivity contribution in [3.8, 4) is 5.75 Å². The summed E-state index contributed by atoms with van der Waals surface area (Å²) < 4.78 is 0. The number of aldehydes is 1. The molecule has 0 saturated carbocycles. The van der Waals surface area contributed by atoms with Gasteiger partial charge in [-0.3, -0.25) is 4.79 Å². The molecular formula is C10H8N2O2. The van der Waals surface area contributed by atoms with Crippen LogP contribution in [0.15, 0.2) is 24.4 Å². The third-order valence-corrected chi connectivity index (χ3v) is 2.11. The summed E-state index contributed by atoms with van der Waals surface area (Å²) >= 11 is 0. The predicted molar refractivity (Wildman–Crippen MR) is 53.2 cm³/mol. The van der Waals surface area contributed by atoms with Crippen molar-refractivity contribution in [2.24, 2.45) is 0 Å². The molecule has 0 aliphatic carbocycles. The van der Waals surface area contributed by atoms with Crippen molar-refractivity contribution in [1.29, 1.82) is 0 Å². The molecule has 0 fully saturated rings. The van der Waals surface area contributed by atoms with E-state index in [-0.39, 0.29) is 11.3 Å². The number of aromatic nitrogens is 1. The number of nitrogens with two attached hydrogens (primary N) is 1. The van der Waals surface area contributed by atoms with Crippen LogP contribution in [-0.4, -0.2) is 16.4 Å². The maximum atomic E-state index is 10.7.